The van der Waals surface area contributed by atoms with Gasteiger partial charge in [-0.2, -0.15) is 0 Å². The summed E-state index contributed by atoms with van der Waals surface area (Å²) in [4.78, 5) is 11.6. The van der Waals surface area contributed by atoms with Gasteiger partial charge in [0.05, 0.1) is 18.2 Å². The van der Waals surface area contributed by atoms with E-state index in [2.05, 4.69) is 10.6 Å². The molecular formula is C12H13F3N2O2. The van der Waals surface area contributed by atoms with Crippen LogP contribution in [0.5, 0.6) is 0 Å². The van der Waals surface area contributed by atoms with Gasteiger partial charge in [0.2, 0.25) is 0 Å². The molecule has 1 aromatic rings. The van der Waals surface area contributed by atoms with Gasteiger partial charge >= 0.3 is 5.97 Å². The zero-order valence-corrected chi connectivity index (χ0v) is 10.4. The number of benzene rings is 1. The minimum Gasteiger partial charge on any atom is -0.466 e. The standard InChI is InChI=1S/C12H13F3N2O2/c1-3-19-12(18)5(2)11-16-9-7(14)4-6(13)8(15)10(9)17-11/h4-5,11,16-17H,3H2,1-2H3. The van der Waals surface area contributed by atoms with Gasteiger partial charge in [-0.15, -0.1) is 0 Å². The van der Waals surface area contributed by atoms with Crippen LogP contribution in [-0.4, -0.2) is 18.7 Å². The van der Waals surface area contributed by atoms with Crippen molar-refractivity contribution in [2.24, 2.45) is 5.92 Å². The van der Waals surface area contributed by atoms with Crippen LogP contribution < -0.4 is 10.6 Å². The summed E-state index contributed by atoms with van der Waals surface area (Å²) < 4.78 is 44.9. The first-order chi connectivity index (χ1) is 8.95. The summed E-state index contributed by atoms with van der Waals surface area (Å²) in [6.45, 7) is 3.41. The molecule has 0 fully saturated rings. The van der Waals surface area contributed by atoms with E-state index in [1.807, 2.05) is 0 Å². The van der Waals surface area contributed by atoms with Gasteiger partial charge in [0.1, 0.15) is 11.9 Å². The Hall–Kier alpha value is -1.92. The highest BCUT2D eigenvalue weighted by Crippen LogP contribution is 2.37. The molecule has 104 valence electrons. The number of ether oxygens (including phenoxy) is 1. The fourth-order valence-corrected chi connectivity index (χ4v) is 1.88. The van der Waals surface area contributed by atoms with Gasteiger partial charge in [-0.1, -0.05) is 0 Å². The topological polar surface area (TPSA) is 50.4 Å². The van der Waals surface area contributed by atoms with Gasteiger partial charge in [0.15, 0.2) is 17.5 Å². The molecule has 2 unspecified atom stereocenters. The molecule has 2 rings (SSSR count). The van der Waals surface area contributed by atoms with E-state index in [1.165, 1.54) is 0 Å². The summed E-state index contributed by atoms with van der Waals surface area (Å²) in [5.74, 6) is -4.58. The number of hydrogen-bond acceptors (Lipinski definition) is 4. The molecule has 2 N–H and O–H groups in total. The Labute approximate surface area is 107 Å². The minimum atomic E-state index is -1.28. The molecule has 0 amide bonds. The summed E-state index contributed by atoms with van der Waals surface area (Å²) in [5.41, 5.74) is -0.487. The number of esters is 1. The lowest BCUT2D eigenvalue weighted by Crippen LogP contribution is -2.36. The molecule has 4 nitrogen and oxygen atoms in total. The second-order valence-corrected chi connectivity index (χ2v) is 4.21. The SMILES string of the molecule is CCOC(=O)C(C)C1Nc2c(F)cc(F)c(F)c2N1. The van der Waals surface area contributed by atoms with Crippen LogP contribution >= 0.6 is 0 Å². The van der Waals surface area contributed by atoms with Gasteiger partial charge in [-0.25, -0.2) is 13.2 Å². The summed E-state index contributed by atoms with van der Waals surface area (Å²) in [5, 5.41) is 5.17. The van der Waals surface area contributed by atoms with Crippen molar-refractivity contribution in [1.29, 1.82) is 0 Å². The Balaban J connectivity index is 2.23. The van der Waals surface area contributed by atoms with E-state index in [-0.39, 0.29) is 18.0 Å². The van der Waals surface area contributed by atoms with Gasteiger partial charge in [-0.3, -0.25) is 4.79 Å². The summed E-state index contributed by atoms with van der Waals surface area (Å²) in [6, 6.07) is 0.459. The Morgan fingerprint density at radius 2 is 1.95 bits per heavy atom. The molecule has 0 spiro atoms. The van der Waals surface area contributed by atoms with Crippen molar-refractivity contribution in [2.75, 3.05) is 17.2 Å². The van der Waals surface area contributed by atoms with Gasteiger partial charge < -0.3 is 15.4 Å². The van der Waals surface area contributed by atoms with E-state index in [4.69, 9.17) is 4.74 Å². The molecular weight excluding hydrogens is 261 g/mol. The van der Waals surface area contributed by atoms with Gasteiger partial charge in [-0.05, 0) is 13.8 Å². The number of halogens is 3. The lowest BCUT2D eigenvalue weighted by atomic mass is 10.1. The van der Waals surface area contributed by atoms with Crippen molar-refractivity contribution in [1.82, 2.24) is 0 Å². The summed E-state index contributed by atoms with van der Waals surface area (Å²) in [7, 11) is 0. The van der Waals surface area contributed by atoms with Crippen LogP contribution in [0.4, 0.5) is 24.5 Å². The summed E-state index contributed by atoms with van der Waals surface area (Å²) >= 11 is 0. The lowest BCUT2D eigenvalue weighted by Gasteiger charge is -2.18. The highest BCUT2D eigenvalue weighted by atomic mass is 19.2. The van der Waals surface area contributed by atoms with E-state index in [0.717, 1.165) is 0 Å². The number of carbonyl (C=O) groups excluding carboxylic acids is 1. The van der Waals surface area contributed by atoms with E-state index in [1.54, 1.807) is 13.8 Å². The average Bonchev–Trinajstić information content (AvgIpc) is 2.81. The normalized spacial score (nSPS) is 18.3. The first-order valence-electron chi connectivity index (χ1n) is 5.83. The first kappa shape index (κ1) is 13.5. The van der Waals surface area contributed by atoms with Crippen LogP contribution in [0.1, 0.15) is 13.8 Å². The van der Waals surface area contributed by atoms with Crippen molar-refractivity contribution >= 4 is 17.3 Å². The van der Waals surface area contributed by atoms with Crippen LogP contribution in [0.25, 0.3) is 0 Å². The fraction of sp³-hybridized carbons (Fsp3) is 0.417. The average molecular weight is 274 g/mol. The molecule has 0 radical (unpaired) electrons. The molecule has 1 aliphatic rings. The van der Waals surface area contributed by atoms with Crippen LogP contribution in [0, 0.1) is 23.4 Å². The first-order valence-corrected chi connectivity index (χ1v) is 5.83. The van der Waals surface area contributed by atoms with Crippen molar-refractivity contribution in [3.63, 3.8) is 0 Å². The number of carbonyl (C=O) groups is 1. The monoisotopic (exact) mass is 274 g/mol. The Morgan fingerprint density at radius 1 is 1.32 bits per heavy atom. The van der Waals surface area contributed by atoms with E-state index >= 15 is 0 Å². The molecule has 1 aliphatic heterocycles. The molecule has 0 aromatic heterocycles. The van der Waals surface area contributed by atoms with E-state index < -0.39 is 35.5 Å². The molecule has 0 saturated carbocycles. The zero-order chi connectivity index (χ0) is 14.2. The third-order valence-electron chi connectivity index (χ3n) is 2.93. The van der Waals surface area contributed by atoms with E-state index in [9.17, 15) is 18.0 Å². The zero-order valence-electron chi connectivity index (χ0n) is 10.4. The van der Waals surface area contributed by atoms with Crippen LogP contribution in [0.3, 0.4) is 0 Å². The fourth-order valence-electron chi connectivity index (χ4n) is 1.88. The maximum absolute atomic E-state index is 13.5. The Bertz CT molecular complexity index is 522. The molecule has 0 bridgehead atoms. The van der Waals surface area contributed by atoms with Crippen LogP contribution in [0.2, 0.25) is 0 Å². The highest BCUT2D eigenvalue weighted by molar-refractivity contribution is 5.80. The maximum atomic E-state index is 13.5. The van der Waals surface area contributed by atoms with Gasteiger partial charge in [0.25, 0.3) is 0 Å². The van der Waals surface area contributed by atoms with Crippen LogP contribution in [0.15, 0.2) is 6.07 Å². The summed E-state index contributed by atoms with van der Waals surface area (Å²) in [6.07, 6.45) is -0.750. The number of nitrogens with one attached hydrogen (secondary N) is 2. The smallest absolute Gasteiger partial charge is 0.312 e. The van der Waals surface area contributed by atoms with Crippen molar-refractivity contribution < 1.29 is 22.7 Å². The second kappa shape index (κ2) is 4.99. The third-order valence-corrected chi connectivity index (χ3v) is 2.93. The molecule has 7 heteroatoms. The molecule has 0 aliphatic carbocycles. The Morgan fingerprint density at radius 3 is 2.58 bits per heavy atom. The van der Waals surface area contributed by atoms with Crippen molar-refractivity contribution in [3.8, 4) is 0 Å². The predicted octanol–water partition coefficient (Wildman–Crippen LogP) is 2.47. The minimum absolute atomic E-state index is 0.181. The number of fused-ring (bicyclic) bond motifs is 1. The molecule has 0 saturated heterocycles. The number of anilines is 2. The number of hydrogen-bond donors (Lipinski definition) is 2. The third kappa shape index (κ3) is 2.32. The van der Waals surface area contributed by atoms with Crippen LogP contribution in [-0.2, 0) is 9.53 Å². The predicted molar refractivity (Wildman–Crippen MR) is 63.1 cm³/mol. The van der Waals surface area contributed by atoms with Crippen molar-refractivity contribution in [3.05, 3.63) is 23.5 Å². The highest BCUT2D eigenvalue weighted by Gasteiger charge is 2.34. The Kier molecular flexibility index (Phi) is 3.55. The molecule has 1 aromatic carbocycles. The van der Waals surface area contributed by atoms with E-state index in [0.29, 0.717) is 6.07 Å². The maximum Gasteiger partial charge on any atom is 0.312 e. The lowest BCUT2D eigenvalue weighted by molar-refractivity contribution is -0.147. The largest absolute Gasteiger partial charge is 0.466 e. The quantitative estimate of drug-likeness (QED) is 0.656. The molecule has 2 atom stereocenters. The van der Waals surface area contributed by atoms with Gasteiger partial charge in [0, 0.05) is 6.07 Å². The molecule has 1 heterocycles. The second-order valence-electron chi connectivity index (χ2n) is 4.21. The molecule has 19 heavy (non-hydrogen) atoms. The number of rotatable bonds is 3. The van der Waals surface area contributed by atoms with Crippen molar-refractivity contribution in [2.45, 2.75) is 20.0 Å².